The normalized spacial score (nSPS) is 12.1. The molecule has 2 rings (SSSR count). The number of benzene rings is 2. The van der Waals surface area contributed by atoms with E-state index in [0.29, 0.717) is 0 Å². The third-order valence-electron chi connectivity index (χ3n) is 3.29. The van der Waals surface area contributed by atoms with E-state index in [2.05, 4.69) is 15.0 Å². The molecule has 156 valence electrons. The summed E-state index contributed by atoms with van der Waals surface area (Å²) in [6.45, 7) is 1.85. The minimum absolute atomic E-state index is 0.0870. The topological polar surface area (TPSA) is 59.9 Å². The predicted octanol–water partition coefficient (Wildman–Crippen LogP) is 6.78. The minimum atomic E-state index is -3.88. The molecule has 2 aromatic carbocycles. The molecule has 0 atom stereocenters. The van der Waals surface area contributed by atoms with E-state index in [1.807, 2.05) is 0 Å². The standard InChI is InChI=1S/C18H14Cl4F2N2O3/c1-2-28-15(14-10(19)6-5-7-11(14)20)26-17(27)25-12-8-3-4-9-13(12)29-18(23,24)16(21)22/h3-9,16H,2H2,1H3,(H,25,27)/b26-15-. The number of nitrogens with one attached hydrogen (secondary N) is 1. The van der Waals surface area contributed by atoms with Gasteiger partial charge in [0.05, 0.1) is 27.9 Å². The lowest BCUT2D eigenvalue weighted by molar-refractivity contribution is -0.163. The predicted molar refractivity (Wildman–Crippen MR) is 111 cm³/mol. The van der Waals surface area contributed by atoms with E-state index in [9.17, 15) is 13.6 Å². The number of urea groups is 1. The van der Waals surface area contributed by atoms with Gasteiger partial charge in [0.1, 0.15) is 5.75 Å². The Bertz CT molecular complexity index is 890. The maximum Gasteiger partial charge on any atom is 0.428 e. The van der Waals surface area contributed by atoms with Gasteiger partial charge in [0, 0.05) is 0 Å². The van der Waals surface area contributed by atoms with Crippen LogP contribution in [0.2, 0.25) is 10.0 Å². The first kappa shape index (κ1) is 23.5. The molecular formula is C18H14Cl4F2N2O3. The number of amides is 2. The van der Waals surface area contributed by atoms with Crippen LogP contribution in [-0.2, 0) is 4.74 Å². The number of para-hydroxylation sites is 2. The first-order valence-electron chi connectivity index (χ1n) is 8.06. The summed E-state index contributed by atoms with van der Waals surface area (Å²) in [5.41, 5.74) is 0.132. The molecule has 11 heteroatoms. The highest BCUT2D eigenvalue weighted by atomic mass is 35.5. The zero-order valence-corrected chi connectivity index (χ0v) is 17.8. The molecule has 0 aromatic heterocycles. The van der Waals surface area contributed by atoms with Gasteiger partial charge in [0.25, 0.3) is 0 Å². The van der Waals surface area contributed by atoms with E-state index in [1.165, 1.54) is 24.3 Å². The Hall–Kier alpha value is -1.80. The van der Waals surface area contributed by atoms with Crippen molar-refractivity contribution in [3.05, 3.63) is 58.1 Å². The molecule has 5 nitrogen and oxygen atoms in total. The fourth-order valence-electron chi connectivity index (χ4n) is 2.08. The molecule has 0 radical (unpaired) electrons. The molecule has 0 fully saturated rings. The molecule has 0 spiro atoms. The highest BCUT2D eigenvalue weighted by molar-refractivity contribution is 6.44. The van der Waals surface area contributed by atoms with Crippen LogP contribution in [0.5, 0.6) is 5.75 Å². The van der Waals surface area contributed by atoms with Gasteiger partial charge in [-0.3, -0.25) is 0 Å². The molecule has 0 bridgehead atoms. The van der Waals surface area contributed by atoms with E-state index < -0.39 is 17.0 Å². The fourth-order valence-corrected chi connectivity index (χ4v) is 2.73. The van der Waals surface area contributed by atoms with Gasteiger partial charge < -0.3 is 14.8 Å². The van der Waals surface area contributed by atoms with Crippen LogP contribution >= 0.6 is 46.4 Å². The van der Waals surface area contributed by atoms with Crippen molar-refractivity contribution in [3.8, 4) is 5.75 Å². The fraction of sp³-hybridized carbons (Fsp3) is 0.222. The smallest absolute Gasteiger partial charge is 0.428 e. The summed E-state index contributed by atoms with van der Waals surface area (Å²) in [6.07, 6.45) is -3.88. The van der Waals surface area contributed by atoms with Gasteiger partial charge in [-0.25, -0.2) is 4.79 Å². The molecular weight excluding hydrogens is 472 g/mol. The number of halogens is 6. The zero-order chi connectivity index (χ0) is 21.6. The van der Waals surface area contributed by atoms with Crippen molar-refractivity contribution in [1.82, 2.24) is 0 Å². The number of ether oxygens (including phenoxy) is 2. The van der Waals surface area contributed by atoms with Crippen molar-refractivity contribution >= 4 is 64.0 Å². The second-order valence-electron chi connectivity index (χ2n) is 5.34. The number of hydrogen-bond acceptors (Lipinski definition) is 3. The van der Waals surface area contributed by atoms with E-state index in [0.717, 1.165) is 0 Å². The first-order chi connectivity index (χ1) is 13.7. The van der Waals surface area contributed by atoms with Crippen molar-refractivity contribution in [1.29, 1.82) is 0 Å². The Balaban J connectivity index is 2.31. The number of anilines is 1. The third-order valence-corrected chi connectivity index (χ3v) is 4.43. The maximum atomic E-state index is 13.7. The van der Waals surface area contributed by atoms with Gasteiger partial charge >= 0.3 is 12.1 Å². The number of carbonyl (C=O) groups is 1. The number of carbonyl (C=O) groups excluding carboxylic acids is 1. The molecule has 0 aliphatic rings. The second kappa shape index (κ2) is 10.3. The Morgan fingerprint density at radius 2 is 1.76 bits per heavy atom. The van der Waals surface area contributed by atoms with Crippen LogP contribution in [0.15, 0.2) is 47.5 Å². The van der Waals surface area contributed by atoms with Crippen molar-refractivity contribution < 1.29 is 23.0 Å². The van der Waals surface area contributed by atoms with Gasteiger partial charge in [-0.1, -0.05) is 64.6 Å². The third kappa shape index (κ3) is 6.34. The number of alkyl halides is 4. The number of rotatable bonds is 6. The maximum absolute atomic E-state index is 13.7. The van der Waals surface area contributed by atoms with E-state index >= 15 is 0 Å². The van der Waals surface area contributed by atoms with E-state index in [-0.39, 0.29) is 39.6 Å². The van der Waals surface area contributed by atoms with Gasteiger partial charge in [-0.2, -0.15) is 13.8 Å². The average Bonchev–Trinajstić information content (AvgIpc) is 2.63. The second-order valence-corrected chi connectivity index (χ2v) is 7.25. The van der Waals surface area contributed by atoms with Gasteiger partial charge in [0.2, 0.25) is 10.7 Å². The van der Waals surface area contributed by atoms with Crippen molar-refractivity contribution in [2.24, 2.45) is 4.99 Å². The van der Waals surface area contributed by atoms with Gasteiger partial charge in [0.15, 0.2) is 0 Å². The van der Waals surface area contributed by atoms with Gasteiger partial charge in [-0.15, -0.1) is 0 Å². The van der Waals surface area contributed by atoms with Gasteiger partial charge in [-0.05, 0) is 31.2 Å². The Morgan fingerprint density at radius 1 is 1.14 bits per heavy atom. The lowest BCUT2D eigenvalue weighted by atomic mass is 10.2. The summed E-state index contributed by atoms with van der Waals surface area (Å²) < 4.78 is 37.3. The highest BCUT2D eigenvalue weighted by Crippen LogP contribution is 2.34. The summed E-state index contributed by atoms with van der Waals surface area (Å²) >= 11 is 22.7. The Morgan fingerprint density at radius 3 is 2.34 bits per heavy atom. The average molecular weight is 486 g/mol. The van der Waals surface area contributed by atoms with Crippen LogP contribution in [0.25, 0.3) is 0 Å². The SMILES string of the molecule is CCO/C(=N\C(=O)Nc1ccccc1OC(F)(F)C(Cl)Cl)c1c(Cl)cccc1Cl. The summed E-state index contributed by atoms with van der Waals surface area (Å²) in [6, 6.07) is 9.25. The molecule has 0 heterocycles. The number of hydrogen-bond donors (Lipinski definition) is 1. The van der Waals surface area contributed by atoms with Crippen LogP contribution in [0, 0.1) is 0 Å². The van der Waals surface area contributed by atoms with Crippen LogP contribution in [-0.4, -0.2) is 29.5 Å². The molecule has 0 saturated heterocycles. The summed E-state index contributed by atoms with van der Waals surface area (Å²) in [5.74, 6) is -0.494. The Labute approximate surface area is 185 Å². The van der Waals surface area contributed by atoms with Crippen LogP contribution in [0.4, 0.5) is 19.3 Å². The summed E-state index contributed by atoms with van der Waals surface area (Å²) in [7, 11) is 0. The number of nitrogens with zero attached hydrogens (tertiary/aromatic N) is 1. The largest absolute Gasteiger partial charge is 0.477 e. The number of aliphatic imine (C=N–C) groups is 1. The molecule has 0 saturated carbocycles. The zero-order valence-electron chi connectivity index (χ0n) is 14.8. The summed E-state index contributed by atoms with van der Waals surface area (Å²) in [5, 5.41) is 2.77. The van der Waals surface area contributed by atoms with E-state index in [4.69, 9.17) is 51.1 Å². The monoisotopic (exact) mass is 484 g/mol. The van der Waals surface area contributed by atoms with Crippen LogP contribution < -0.4 is 10.1 Å². The van der Waals surface area contributed by atoms with Crippen LogP contribution in [0.1, 0.15) is 12.5 Å². The molecule has 0 aliphatic carbocycles. The molecule has 29 heavy (non-hydrogen) atoms. The molecule has 1 N–H and O–H groups in total. The van der Waals surface area contributed by atoms with Crippen LogP contribution in [0.3, 0.4) is 0 Å². The lowest BCUT2D eigenvalue weighted by Crippen LogP contribution is -2.32. The molecule has 0 unspecified atom stereocenters. The van der Waals surface area contributed by atoms with Crippen molar-refractivity contribution in [2.45, 2.75) is 17.9 Å². The van der Waals surface area contributed by atoms with Crippen molar-refractivity contribution in [3.63, 3.8) is 0 Å². The van der Waals surface area contributed by atoms with E-state index in [1.54, 1.807) is 25.1 Å². The Kier molecular flexibility index (Phi) is 8.34. The molecule has 2 aromatic rings. The molecule has 0 aliphatic heterocycles. The first-order valence-corrected chi connectivity index (χ1v) is 9.69. The van der Waals surface area contributed by atoms with Crippen molar-refractivity contribution in [2.75, 3.05) is 11.9 Å². The molecule has 2 amide bonds. The lowest BCUT2D eigenvalue weighted by Gasteiger charge is -2.20. The minimum Gasteiger partial charge on any atom is -0.477 e. The highest BCUT2D eigenvalue weighted by Gasteiger charge is 2.40. The quantitative estimate of drug-likeness (QED) is 0.278. The summed E-state index contributed by atoms with van der Waals surface area (Å²) in [4.78, 5) is 14.1.